The smallest absolute Gasteiger partial charge is 0.257 e. The maximum atomic E-state index is 12.9. The molecule has 142 valence electrons. The van der Waals surface area contributed by atoms with Crippen LogP contribution in [0.15, 0.2) is 63.0 Å². The van der Waals surface area contributed by atoms with Crippen LogP contribution in [-0.4, -0.2) is 15.9 Å². The van der Waals surface area contributed by atoms with Crippen molar-refractivity contribution in [2.24, 2.45) is 0 Å². The van der Waals surface area contributed by atoms with Crippen molar-refractivity contribution in [1.29, 1.82) is 0 Å². The number of nitrogens with zero attached hydrogens (tertiary/aromatic N) is 1. The standard InChI is InChI=1S/C21H18BrN3O2S/c1-12-5-2-3-6-14(12)11-28-21-24-19-18(20(27)25-21)16(10-17(26)23-19)13-7-4-8-15(22)9-13/h2-9,16H,10-11H2,1H3,(H2,23,24,25,26,27). The average Bonchev–Trinajstić information content (AvgIpc) is 2.66. The summed E-state index contributed by atoms with van der Waals surface area (Å²) >= 11 is 4.91. The Bertz CT molecular complexity index is 1110. The van der Waals surface area contributed by atoms with Gasteiger partial charge in [0, 0.05) is 22.6 Å². The second kappa shape index (κ2) is 7.93. The van der Waals surface area contributed by atoms with Crippen molar-refractivity contribution in [2.45, 2.75) is 30.2 Å². The molecule has 1 amide bonds. The van der Waals surface area contributed by atoms with E-state index in [1.165, 1.54) is 22.9 Å². The number of anilines is 1. The van der Waals surface area contributed by atoms with Crippen molar-refractivity contribution in [1.82, 2.24) is 9.97 Å². The number of aromatic nitrogens is 2. The van der Waals surface area contributed by atoms with Gasteiger partial charge in [-0.1, -0.05) is 64.1 Å². The van der Waals surface area contributed by atoms with Crippen LogP contribution in [0.4, 0.5) is 5.82 Å². The van der Waals surface area contributed by atoms with E-state index >= 15 is 0 Å². The first-order chi connectivity index (χ1) is 13.5. The Morgan fingerprint density at radius 2 is 2.00 bits per heavy atom. The van der Waals surface area contributed by atoms with E-state index in [2.05, 4.69) is 50.3 Å². The summed E-state index contributed by atoms with van der Waals surface area (Å²) in [5.74, 6) is 0.604. The first-order valence-corrected chi connectivity index (χ1v) is 10.7. The van der Waals surface area contributed by atoms with Gasteiger partial charge in [0.25, 0.3) is 5.56 Å². The molecule has 1 aliphatic rings. The lowest BCUT2D eigenvalue weighted by Gasteiger charge is -2.24. The van der Waals surface area contributed by atoms with Crippen LogP contribution < -0.4 is 10.9 Å². The van der Waals surface area contributed by atoms with Gasteiger partial charge < -0.3 is 10.3 Å². The van der Waals surface area contributed by atoms with Crippen LogP contribution in [0.2, 0.25) is 0 Å². The van der Waals surface area contributed by atoms with E-state index in [0.717, 1.165) is 10.0 Å². The van der Waals surface area contributed by atoms with Crippen LogP contribution in [0.25, 0.3) is 0 Å². The topological polar surface area (TPSA) is 74.8 Å². The number of rotatable bonds is 4. The van der Waals surface area contributed by atoms with E-state index in [1.54, 1.807) is 0 Å². The van der Waals surface area contributed by atoms with Crippen LogP contribution in [0.1, 0.15) is 34.6 Å². The summed E-state index contributed by atoms with van der Waals surface area (Å²) in [6, 6.07) is 15.8. The minimum atomic E-state index is -0.312. The van der Waals surface area contributed by atoms with Crippen molar-refractivity contribution < 1.29 is 4.79 Å². The lowest BCUT2D eigenvalue weighted by Crippen LogP contribution is -2.31. The molecule has 2 heterocycles. The maximum absolute atomic E-state index is 12.9. The number of benzene rings is 2. The number of aryl methyl sites for hydroxylation is 1. The molecule has 0 spiro atoms. The molecule has 1 aliphatic heterocycles. The molecule has 3 aromatic rings. The van der Waals surface area contributed by atoms with E-state index < -0.39 is 0 Å². The monoisotopic (exact) mass is 455 g/mol. The van der Waals surface area contributed by atoms with Crippen molar-refractivity contribution >= 4 is 39.4 Å². The van der Waals surface area contributed by atoms with Crippen LogP contribution >= 0.6 is 27.7 Å². The molecule has 1 unspecified atom stereocenters. The molecular formula is C21H18BrN3O2S. The van der Waals surface area contributed by atoms with Gasteiger partial charge in [-0.3, -0.25) is 9.59 Å². The SMILES string of the molecule is Cc1ccccc1CSc1nc2c(c(=O)[nH]1)C(c1cccc(Br)c1)CC(=O)N2. The molecule has 0 fully saturated rings. The van der Waals surface area contributed by atoms with Gasteiger partial charge in [-0.05, 0) is 35.7 Å². The molecule has 7 heteroatoms. The second-order valence-electron chi connectivity index (χ2n) is 6.71. The van der Waals surface area contributed by atoms with E-state index in [1.807, 2.05) is 36.4 Å². The molecule has 2 aromatic carbocycles. The highest BCUT2D eigenvalue weighted by molar-refractivity contribution is 9.10. The number of amides is 1. The summed E-state index contributed by atoms with van der Waals surface area (Å²) in [6.07, 6.45) is 0.226. The largest absolute Gasteiger partial charge is 0.310 e. The molecule has 0 saturated carbocycles. The maximum Gasteiger partial charge on any atom is 0.257 e. The predicted molar refractivity (Wildman–Crippen MR) is 115 cm³/mol. The summed E-state index contributed by atoms with van der Waals surface area (Å²) in [6.45, 7) is 2.06. The lowest BCUT2D eigenvalue weighted by atomic mass is 9.87. The number of aromatic amines is 1. The highest BCUT2D eigenvalue weighted by Gasteiger charge is 2.31. The zero-order chi connectivity index (χ0) is 19.7. The Labute approximate surface area is 175 Å². The Balaban J connectivity index is 1.67. The fourth-order valence-corrected chi connectivity index (χ4v) is 4.70. The van der Waals surface area contributed by atoms with Crippen LogP contribution in [0, 0.1) is 6.92 Å². The molecule has 5 nitrogen and oxygen atoms in total. The summed E-state index contributed by atoms with van der Waals surface area (Å²) < 4.78 is 0.910. The van der Waals surface area contributed by atoms with E-state index in [-0.39, 0.29) is 23.8 Å². The molecule has 28 heavy (non-hydrogen) atoms. The molecule has 1 aromatic heterocycles. The van der Waals surface area contributed by atoms with Gasteiger partial charge in [0.05, 0.1) is 5.56 Å². The molecule has 4 rings (SSSR count). The number of fused-ring (bicyclic) bond motifs is 1. The molecular weight excluding hydrogens is 438 g/mol. The Morgan fingerprint density at radius 3 is 2.79 bits per heavy atom. The highest BCUT2D eigenvalue weighted by Crippen LogP contribution is 2.35. The molecule has 0 aliphatic carbocycles. The molecule has 0 bridgehead atoms. The average molecular weight is 456 g/mol. The van der Waals surface area contributed by atoms with Gasteiger partial charge in [0.2, 0.25) is 5.91 Å². The summed E-state index contributed by atoms with van der Waals surface area (Å²) in [4.78, 5) is 32.5. The third-order valence-corrected chi connectivity index (χ3v) is 6.22. The quantitative estimate of drug-likeness (QED) is 0.444. The zero-order valence-corrected chi connectivity index (χ0v) is 17.6. The van der Waals surface area contributed by atoms with Crippen molar-refractivity contribution in [3.05, 3.63) is 85.6 Å². The van der Waals surface area contributed by atoms with Crippen LogP contribution in [0.3, 0.4) is 0 Å². The minimum Gasteiger partial charge on any atom is -0.310 e. The Kier molecular flexibility index (Phi) is 5.37. The number of hydrogen-bond acceptors (Lipinski definition) is 4. The first-order valence-electron chi connectivity index (χ1n) is 8.88. The minimum absolute atomic E-state index is 0.134. The lowest BCUT2D eigenvalue weighted by molar-refractivity contribution is -0.116. The normalized spacial score (nSPS) is 15.8. The van der Waals surface area contributed by atoms with Gasteiger partial charge >= 0.3 is 0 Å². The summed E-state index contributed by atoms with van der Waals surface area (Å²) in [5.41, 5.74) is 3.60. The molecule has 2 N–H and O–H groups in total. The molecule has 0 saturated heterocycles. The number of carbonyl (C=O) groups excluding carboxylic acids is 1. The summed E-state index contributed by atoms with van der Waals surface area (Å²) in [7, 11) is 0. The second-order valence-corrected chi connectivity index (χ2v) is 8.59. The van der Waals surface area contributed by atoms with Gasteiger partial charge in [0.15, 0.2) is 5.16 Å². The first kappa shape index (κ1) is 19.0. The molecule has 0 radical (unpaired) electrons. The number of nitrogens with one attached hydrogen (secondary N) is 2. The van der Waals surface area contributed by atoms with Gasteiger partial charge in [-0.25, -0.2) is 4.98 Å². The van der Waals surface area contributed by atoms with Crippen LogP contribution in [-0.2, 0) is 10.5 Å². The van der Waals surface area contributed by atoms with Crippen molar-refractivity contribution in [2.75, 3.05) is 5.32 Å². The van der Waals surface area contributed by atoms with E-state index in [4.69, 9.17) is 0 Å². The molecule has 1 atom stereocenters. The van der Waals surface area contributed by atoms with Gasteiger partial charge in [-0.2, -0.15) is 0 Å². The van der Waals surface area contributed by atoms with Crippen molar-refractivity contribution in [3.63, 3.8) is 0 Å². The third-order valence-electron chi connectivity index (χ3n) is 4.81. The van der Waals surface area contributed by atoms with Crippen LogP contribution in [0.5, 0.6) is 0 Å². The van der Waals surface area contributed by atoms with Gasteiger partial charge in [-0.15, -0.1) is 0 Å². The number of hydrogen-bond donors (Lipinski definition) is 2. The number of carbonyl (C=O) groups is 1. The number of thioether (sulfide) groups is 1. The summed E-state index contributed by atoms with van der Waals surface area (Å²) in [5, 5.41) is 3.27. The van der Waals surface area contributed by atoms with E-state index in [0.29, 0.717) is 22.3 Å². The Hall–Kier alpha value is -2.38. The Morgan fingerprint density at radius 1 is 1.18 bits per heavy atom. The highest BCUT2D eigenvalue weighted by atomic mass is 79.9. The number of halogens is 1. The zero-order valence-electron chi connectivity index (χ0n) is 15.2. The van der Waals surface area contributed by atoms with Crippen molar-refractivity contribution in [3.8, 4) is 0 Å². The fraction of sp³-hybridized carbons (Fsp3) is 0.190. The fourth-order valence-electron chi connectivity index (χ4n) is 3.35. The predicted octanol–water partition coefficient (Wildman–Crippen LogP) is 4.61. The third kappa shape index (κ3) is 3.91. The number of H-pyrrole nitrogens is 1. The van der Waals surface area contributed by atoms with Gasteiger partial charge in [0.1, 0.15) is 5.82 Å². The van der Waals surface area contributed by atoms with E-state index in [9.17, 15) is 9.59 Å².